The second kappa shape index (κ2) is 4.14. The third-order valence-electron chi connectivity index (χ3n) is 3.64. The van der Waals surface area contributed by atoms with E-state index in [4.69, 9.17) is 0 Å². The van der Waals surface area contributed by atoms with Gasteiger partial charge in [0, 0.05) is 44.6 Å². The Morgan fingerprint density at radius 1 is 1.41 bits per heavy atom. The van der Waals surface area contributed by atoms with Gasteiger partial charge in [-0.2, -0.15) is 0 Å². The van der Waals surface area contributed by atoms with E-state index < -0.39 is 0 Å². The largest absolute Gasteiger partial charge is 0.361 e. The van der Waals surface area contributed by atoms with Gasteiger partial charge in [-0.25, -0.2) is 4.98 Å². The molecule has 0 spiro atoms. The Balaban J connectivity index is 1.67. The van der Waals surface area contributed by atoms with Crippen LogP contribution < -0.4 is 10.9 Å². The fraction of sp³-hybridized carbons (Fsp3) is 0.667. The van der Waals surface area contributed by atoms with Gasteiger partial charge in [0.15, 0.2) is 5.82 Å². The van der Waals surface area contributed by atoms with Crippen molar-refractivity contribution in [3.05, 3.63) is 22.7 Å². The van der Waals surface area contributed by atoms with E-state index in [1.165, 1.54) is 12.8 Å². The van der Waals surface area contributed by atoms with Crippen molar-refractivity contribution in [1.82, 2.24) is 14.5 Å². The second-order valence-corrected chi connectivity index (χ2v) is 5.05. The third-order valence-corrected chi connectivity index (χ3v) is 3.64. The van der Waals surface area contributed by atoms with Gasteiger partial charge in [0.2, 0.25) is 0 Å². The average molecular weight is 234 g/mol. The summed E-state index contributed by atoms with van der Waals surface area (Å²) in [5.74, 6) is 0.484. The number of rotatable bonds is 3. The Bertz CT molecular complexity index is 466. The van der Waals surface area contributed by atoms with E-state index >= 15 is 0 Å². The molecule has 1 saturated heterocycles. The van der Waals surface area contributed by atoms with Crippen molar-refractivity contribution in [1.29, 1.82) is 0 Å². The van der Waals surface area contributed by atoms with Crippen molar-refractivity contribution in [2.24, 2.45) is 7.05 Å². The van der Waals surface area contributed by atoms with Crippen LogP contribution in [0.4, 0.5) is 5.82 Å². The van der Waals surface area contributed by atoms with Crippen molar-refractivity contribution >= 4 is 5.82 Å². The summed E-state index contributed by atoms with van der Waals surface area (Å²) in [5, 5.41) is 3.28. The van der Waals surface area contributed by atoms with Crippen molar-refractivity contribution in [3.8, 4) is 0 Å². The van der Waals surface area contributed by atoms with E-state index in [9.17, 15) is 4.79 Å². The molecule has 1 N–H and O–H groups in total. The standard InChI is InChI=1S/C12H18N4O/c1-15-7-5-13-11(12(15)17)14-9-4-6-16(8-9)10-2-3-10/h5,7,9-10H,2-4,6,8H2,1H3,(H,13,14). The van der Waals surface area contributed by atoms with E-state index in [1.807, 2.05) is 0 Å². The summed E-state index contributed by atoms with van der Waals surface area (Å²) in [4.78, 5) is 18.5. The normalized spacial score (nSPS) is 25.1. The van der Waals surface area contributed by atoms with Gasteiger partial charge in [0.05, 0.1) is 0 Å². The van der Waals surface area contributed by atoms with Gasteiger partial charge in [-0.3, -0.25) is 9.69 Å². The van der Waals surface area contributed by atoms with Crippen LogP contribution in [0.15, 0.2) is 17.2 Å². The Kier molecular flexibility index (Phi) is 2.63. The summed E-state index contributed by atoms with van der Waals surface area (Å²) in [7, 11) is 1.75. The Labute approximate surface area is 100 Å². The number of nitrogens with one attached hydrogen (secondary N) is 1. The first-order chi connectivity index (χ1) is 8.24. The zero-order valence-corrected chi connectivity index (χ0v) is 10.1. The molecule has 3 rings (SSSR count). The molecule has 92 valence electrons. The second-order valence-electron chi connectivity index (χ2n) is 5.05. The topological polar surface area (TPSA) is 50.2 Å². The highest BCUT2D eigenvalue weighted by atomic mass is 16.1. The molecule has 2 heterocycles. The molecular weight excluding hydrogens is 216 g/mol. The van der Waals surface area contributed by atoms with Gasteiger partial charge in [-0.05, 0) is 19.3 Å². The lowest BCUT2D eigenvalue weighted by Crippen LogP contribution is -2.31. The lowest BCUT2D eigenvalue weighted by molar-refractivity contribution is 0.326. The quantitative estimate of drug-likeness (QED) is 0.824. The van der Waals surface area contributed by atoms with Crippen LogP contribution >= 0.6 is 0 Å². The van der Waals surface area contributed by atoms with Gasteiger partial charge >= 0.3 is 0 Å². The van der Waals surface area contributed by atoms with E-state index in [-0.39, 0.29) is 5.56 Å². The Morgan fingerprint density at radius 2 is 2.24 bits per heavy atom. The van der Waals surface area contributed by atoms with Crippen molar-refractivity contribution < 1.29 is 0 Å². The first kappa shape index (κ1) is 10.8. The molecule has 2 aliphatic rings. The van der Waals surface area contributed by atoms with Crippen LogP contribution in [0, 0.1) is 0 Å². The minimum atomic E-state index is -0.0441. The maximum Gasteiger partial charge on any atom is 0.293 e. The summed E-state index contributed by atoms with van der Waals surface area (Å²) < 4.78 is 1.56. The van der Waals surface area contributed by atoms with E-state index in [0.29, 0.717) is 11.9 Å². The Hall–Kier alpha value is -1.36. The van der Waals surface area contributed by atoms with Gasteiger partial charge < -0.3 is 9.88 Å². The number of likely N-dealkylation sites (tertiary alicyclic amines) is 1. The molecule has 0 amide bonds. The molecule has 0 radical (unpaired) electrons. The van der Waals surface area contributed by atoms with E-state index in [2.05, 4.69) is 15.2 Å². The third kappa shape index (κ3) is 2.20. The number of anilines is 1. The fourth-order valence-corrected chi connectivity index (χ4v) is 2.47. The van der Waals surface area contributed by atoms with Crippen molar-refractivity contribution in [3.63, 3.8) is 0 Å². The minimum Gasteiger partial charge on any atom is -0.361 e. The average Bonchev–Trinajstić information content (AvgIpc) is 3.06. The van der Waals surface area contributed by atoms with Gasteiger partial charge in [0.25, 0.3) is 5.56 Å². The van der Waals surface area contributed by atoms with Crippen LogP contribution in [0.2, 0.25) is 0 Å². The van der Waals surface area contributed by atoms with Crippen LogP contribution in [-0.4, -0.2) is 39.6 Å². The number of hydrogen-bond acceptors (Lipinski definition) is 4. The molecule has 1 aromatic rings. The number of aromatic nitrogens is 2. The van der Waals surface area contributed by atoms with Gasteiger partial charge in [0.1, 0.15) is 0 Å². The zero-order chi connectivity index (χ0) is 11.8. The maximum absolute atomic E-state index is 11.8. The van der Waals surface area contributed by atoms with Crippen LogP contribution in [0.3, 0.4) is 0 Å². The van der Waals surface area contributed by atoms with E-state index in [0.717, 1.165) is 25.6 Å². The summed E-state index contributed by atoms with van der Waals surface area (Å²) in [5.41, 5.74) is -0.0441. The van der Waals surface area contributed by atoms with E-state index in [1.54, 1.807) is 24.0 Å². The summed E-state index contributed by atoms with van der Waals surface area (Å²) in [6.07, 6.45) is 7.14. The highest BCUT2D eigenvalue weighted by Crippen LogP contribution is 2.30. The molecule has 2 fully saturated rings. The lowest BCUT2D eigenvalue weighted by atomic mass is 10.2. The molecule has 0 aromatic carbocycles. The molecule has 5 heteroatoms. The van der Waals surface area contributed by atoms with Crippen LogP contribution in [0.1, 0.15) is 19.3 Å². The predicted molar refractivity (Wildman–Crippen MR) is 66.1 cm³/mol. The van der Waals surface area contributed by atoms with Gasteiger partial charge in [-0.15, -0.1) is 0 Å². The first-order valence-corrected chi connectivity index (χ1v) is 6.26. The minimum absolute atomic E-state index is 0.0441. The van der Waals surface area contributed by atoms with Crippen LogP contribution in [0.25, 0.3) is 0 Å². The molecule has 17 heavy (non-hydrogen) atoms. The smallest absolute Gasteiger partial charge is 0.293 e. The summed E-state index contributed by atoms with van der Waals surface area (Å²) >= 11 is 0. The maximum atomic E-state index is 11.8. The molecule has 1 saturated carbocycles. The highest BCUT2D eigenvalue weighted by molar-refractivity contribution is 5.32. The monoisotopic (exact) mass is 234 g/mol. The number of hydrogen-bond donors (Lipinski definition) is 1. The van der Waals surface area contributed by atoms with Crippen molar-refractivity contribution in [2.75, 3.05) is 18.4 Å². The van der Waals surface area contributed by atoms with Crippen LogP contribution in [0.5, 0.6) is 0 Å². The molecule has 5 nitrogen and oxygen atoms in total. The molecule has 1 aliphatic heterocycles. The van der Waals surface area contributed by atoms with Gasteiger partial charge in [-0.1, -0.05) is 0 Å². The zero-order valence-electron chi connectivity index (χ0n) is 10.1. The summed E-state index contributed by atoms with van der Waals surface area (Å²) in [6, 6.07) is 1.19. The van der Waals surface area contributed by atoms with Crippen LogP contribution in [-0.2, 0) is 7.05 Å². The summed E-state index contributed by atoms with van der Waals surface area (Å²) in [6.45, 7) is 2.19. The fourth-order valence-electron chi connectivity index (χ4n) is 2.47. The molecule has 0 bridgehead atoms. The Morgan fingerprint density at radius 3 is 3.00 bits per heavy atom. The SMILES string of the molecule is Cn1ccnc(NC2CCN(C3CC3)C2)c1=O. The molecule has 1 aliphatic carbocycles. The highest BCUT2D eigenvalue weighted by Gasteiger charge is 2.34. The molecule has 1 unspecified atom stereocenters. The predicted octanol–water partition coefficient (Wildman–Crippen LogP) is 0.429. The molecule has 1 aromatic heterocycles. The van der Waals surface area contributed by atoms with Crippen molar-refractivity contribution in [2.45, 2.75) is 31.3 Å². The number of aryl methyl sites for hydroxylation is 1. The number of nitrogens with zero attached hydrogens (tertiary/aromatic N) is 3. The molecule has 1 atom stereocenters. The first-order valence-electron chi connectivity index (χ1n) is 6.26. The lowest BCUT2D eigenvalue weighted by Gasteiger charge is -2.15. The molecular formula is C12H18N4O.